The van der Waals surface area contributed by atoms with Gasteiger partial charge in [0.2, 0.25) is 0 Å². The Bertz CT molecular complexity index is 955. The molecule has 1 heterocycles. The molecule has 0 amide bonds. The standard InChI is InChI=1S/C19H13N3/c1-3-9-15-13(7-1)14-8-2-4-10-16(14)19(15)22-18-12-6-5-11-17(18)20-21-22/h1-12,19H. The van der Waals surface area contributed by atoms with Gasteiger partial charge in [0, 0.05) is 0 Å². The van der Waals surface area contributed by atoms with Crippen LogP contribution >= 0.6 is 0 Å². The predicted molar refractivity (Wildman–Crippen MR) is 86.6 cm³/mol. The van der Waals surface area contributed by atoms with E-state index in [1.54, 1.807) is 0 Å². The van der Waals surface area contributed by atoms with Crippen molar-refractivity contribution in [2.24, 2.45) is 0 Å². The van der Waals surface area contributed by atoms with Gasteiger partial charge in [0.25, 0.3) is 0 Å². The van der Waals surface area contributed by atoms with Crippen molar-refractivity contribution < 1.29 is 0 Å². The summed E-state index contributed by atoms with van der Waals surface area (Å²) in [6, 6.07) is 25.4. The molecule has 0 bridgehead atoms. The minimum atomic E-state index is 0.0970. The van der Waals surface area contributed by atoms with E-state index in [0.717, 1.165) is 11.0 Å². The lowest BCUT2D eigenvalue weighted by molar-refractivity contribution is 0.598. The van der Waals surface area contributed by atoms with Crippen LogP contribution in [0.15, 0.2) is 72.8 Å². The van der Waals surface area contributed by atoms with E-state index in [-0.39, 0.29) is 6.04 Å². The molecule has 0 radical (unpaired) electrons. The molecule has 0 aliphatic heterocycles. The molecule has 1 aromatic heterocycles. The zero-order valence-electron chi connectivity index (χ0n) is 11.8. The largest absolute Gasteiger partial charge is 0.233 e. The third-order valence-electron chi connectivity index (χ3n) is 4.42. The lowest BCUT2D eigenvalue weighted by Gasteiger charge is -2.14. The zero-order chi connectivity index (χ0) is 14.5. The van der Waals surface area contributed by atoms with Crippen LogP contribution in [0.25, 0.3) is 22.2 Å². The second-order valence-corrected chi connectivity index (χ2v) is 5.60. The van der Waals surface area contributed by atoms with E-state index in [0.29, 0.717) is 0 Å². The minimum Gasteiger partial charge on any atom is -0.233 e. The molecule has 0 atom stereocenters. The van der Waals surface area contributed by atoms with E-state index in [2.05, 4.69) is 64.9 Å². The molecule has 3 nitrogen and oxygen atoms in total. The number of fused-ring (bicyclic) bond motifs is 4. The summed E-state index contributed by atoms with van der Waals surface area (Å²) < 4.78 is 2.04. The molecule has 4 aromatic rings. The highest BCUT2D eigenvalue weighted by molar-refractivity contribution is 5.81. The van der Waals surface area contributed by atoms with Gasteiger partial charge in [-0.3, -0.25) is 0 Å². The van der Waals surface area contributed by atoms with Gasteiger partial charge < -0.3 is 0 Å². The molecule has 0 fully saturated rings. The van der Waals surface area contributed by atoms with Crippen molar-refractivity contribution in [2.75, 3.05) is 0 Å². The molecular weight excluding hydrogens is 270 g/mol. The molecule has 1 aliphatic carbocycles. The molecule has 0 saturated carbocycles. The second-order valence-electron chi connectivity index (χ2n) is 5.60. The number of rotatable bonds is 1. The summed E-state index contributed by atoms with van der Waals surface area (Å²) in [6.07, 6.45) is 0. The molecule has 3 heteroatoms. The first-order chi connectivity index (χ1) is 10.9. The molecular formula is C19H13N3. The zero-order valence-corrected chi connectivity index (χ0v) is 11.8. The summed E-state index contributed by atoms with van der Waals surface area (Å²) in [5, 5.41) is 8.76. The van der Waals surface area contributed by atoms with Crippen molar-refractivity contribution >= 4 is 11.0 Å². The van der Waals surface area contributed by atoms with Crippen LogP contribution in [-0.4, -0.2) is 15.0 Å². The molecule has 5 rings (SSSR count). The maximum absolute atomic E-state index is 4.44. The van der Waals surface area contributed by atoms with Crippen molar-refractivity contribution in [2.45, 2.75) is 6.04 Å². The van der Waals surface area contributed by atoms with Crippen molar-refractivity contribution in [1.29, 1.82) is 0 Å². The number of para-hydroxylation sites is 1. The van der Waals surface area contributed by atoms with Crippen LogP contribution < -0.4 is 0 Å². The Labute approximate surface area is 127 Å². The van der Waals surface area contributed by atoms with Gasteiger partial charge in [-0.05, 0) is 34.4 Å². The quantitative estimate of drug-likeness (QED) is 0.464. The molecule has 3 aromatic carbocycles. The molecule has 1 aliphatic rings. The van der Waals surface area contributed by atoms with E-state index >= 15 is 0 Å². The summed E-state index contributed by atoms with van der Waals surface area (Å²) in [5.74, 6) is 0. The van der Waals surface area contributed by atoms with Gasteiger partial charge in [0.05, 0.1) is 5.52 Å². The Morgan fingerprint density at radius 3 is 2.00 bits per heavy atom. The lowest BCUT2D eigenvalue weighted by atomic mass is 10.1. The van der Waals surface area contributed by atoms with Crippen LogP contribution in [0.4, 0.5) is 0 Å². The first-order valence-corrected chi connectivity index (χ1v) is 7.41. The molecule has 0 N–H and O–H groups in total. The van der Waals surface area contributed by atoms with Gasteiger partial charge in [0.1, 0.15) is 11.6 Å². The number of hydrogen-bond acceptors (Lipinski definition) is 2. The second kappa shape index (κ2) is 4.28. The highest BCUT2D eigenvalue weighted by Gasteiger charge is 2.30. The van der Waals surface area contributed by atoms with Crippen LogP contribution in [0, 0.1) is 0 Å². The van der Waals surface area contributed by atoms with E-state index in [1.807, 2.05) is 22.9 Å². The fraction of sp³-hybridized carbons (Fsp3) is 0.0526. The summed E-state index contributed by atoms with van der Waals surface area (Å²) in [4.78, 5) is 0. The van der Waals surface area contributed by atoms with Crippen molar-refractivity contribution in [3.05, 3.63) is 83.9 Å². The summed E-state index contributed by atoms with van der Waals surface area (Å²) in [6.45, 7) is 0. The van der Waals surface area contributed by atoms with Gasteiger partial charge >= 0.3 is 0 Å². The Morgan fingerprint density at radius 1 is 0.682 bits per heavy atom. The third-order valence-corrected chi connectivity index (χ3v) is 4.42. The van der Waals surface area contributed by atoms with E-state index < -0.39 is 0 Å². The van der Waals surface area contributed by atoms with Crippen molar-refractivity contribution in [1.82, 2.24) is 15.0 Å². The smallest absolute Gasteiger partial charge is 0.113 e. The van der Waals surface area contributed by atoms with E-state index in [9.17, 15) is 0 Å². The van der Waals surface area contributed by atoms with Gasteiger partial charge in [-0.15, -0.1) is 5.10 Å². The summed E-state index contributed by atoms with van der Waals surface area (Å²) >= 11 is 0. The van der Waals surface area contributed by atoms with Crippen LogP contribution in [0.3, 0.4) is 0 Å². The average molecular weight is 283 g/mol. The van der Waals surface area contributed by atoms with Crippen molar-refractivity contribution in [3.63, 3.8) is 0 Å². The van der Waals surface area contributed by atoms with Crippen LogP contribution in [0.1, 0.15) is 17.2 Å². The number of nitrogens with zero attached hydrogens (tertiary/aromatic N) is 3. The molecule has 0 unspecified atom stereocenters. The monoisotopic (exact) mass is 283 g/mol. The fourth-order valence-corrected chi connectivity index (χ4v) is 3.47. The SMILES string of the molecule is c1ccc2c(c1)-c1ccccc1C2n1nnc2ccccc21. The highest BCUT2D eigenvalue weighted by Crippen LogP contribution is 2.45. The van der Waals surface area contributed by atoms with Gasteiger partial charge in [-0.2, -0.15) is 0 Å². The Kier molecular flexibility index (Phi) is 2.27. The molecule has 0 saturated heterocycles. The van der Waals surface area contributed by atoms with Gasteiger partial charge in [0.15, 0.2) is 0 Å². The normalized spacial score (nSPS) is 13.3. The van der Waals surface area contributed by atoms with Crippen LogP contribution in [0.5, 0.6) is 0 Å². The van der Waals surface area contributed by atoms with E-state index in [1.165, 1.54) is 22.3 Å². The minimum absolute atomic E-state index is 0.0970. The van der Waals surface area contributed by atoms with Crippen LogP contribution in [0.2, 0.25) is 0 Å². The Balaban J connectivity index is 1.85. The van der Waals surface area contributed by atoms with Crippen LogP contribution in [-0.2, 0) is 0 Å². The maximum atomic E-state index is 4.44. The molecule has 22 heavy (non-hydrogen) atoms. The van der Waals surface area contributed by atoms with Gasteiger partial charge in [-0.25, -0.2) is 4.68 Å². The Hall–Kier alpha value is -2.94. The predicted octanol–water partition coefficient (Wildman–Crippen LogP) is 4.05. The average Bonchev–Trinajstić information content (AvgIpc) is 3.14. The maximum Gasteiger partial charge on any atom is 0.113 e. The fourth-order valence-electron chi connectivity index (χ4n) is 3.47. The number of aromatic nitrogens is 3. The summed E-state index contributed by atoms with van der Waals surface area (Å²) in [5.41, 5.74) is 7.17. The first-order valence-electron chi connectivity index (χ1n) is 7.41. The lowest BCUT2D eigenvalue weighted by Crippen LogP contribution is -2.11. The highest BCUT2D eigenvalue weighted by atomic mass is 15.4. The van der Waals surface area contributed by atoms with Crippen molar-refractivity contribution in [3.8, 4) is 11.1 Å². The van der Waals surface area contributed by atoms with Gasteiger partial charge in [-0.1, -0.05) is 65.9 Å². The molecule has 0 spiro atoms. The van der Waals surface area contributed by atoms with E-state index in [4.69, 9.17) is 0 Å². The topological polar surface area (TPSA) is 30.7 Å². The third kappa shape index (κ3) is 1.45. The molecule has 104 valence electrons. The Morgan fingerprint density at radius 2 is 1.27 bits per heavy atom. The number of hydrogen-bond donors (Lipinski definition) is 0. The first kappa shape index (κ1) is 11.7. The number of benzene rings is 3. The summed E-state index contributed by atoms with van der Waals surface area (Å²) in [7, 11) is 0.